The zero-order chi connectivity index (χ0) is 36.2. The van der Waals surface area contributed by atoms with Crippen molar-refractivity contribution in [2.24, 2.45) is 5.92 Å². The molecular formula is C38H42N6O5S2. The van der Waals surface area contributed by atoms with E-state index < -0.39 is 33.8 Å². The normalized spacial score (nSPS) is 11.8. The monoisotopic (exact) mass is 726 g/mol. The Morgan fingerprint density at radius 1 is 0.922 bits per heavy atom. The number of nitrogens with zero attached hydrogens (tertiary/aromatic N) is 3. The summed E-state index contributed by atoms with van der Waals surface area (Å²) in [5.74, 6) is -0.832. The Bertz CT molecular complexity index is 1970. The SMILES string of the molecule is COc1ccc(NS(=O)(=O)CN(CCCc2ccccc2)C(=O)[C@H](CC(C)C)NC(=O)c2ccc(-c3csc(Nc4cccnc4)n3)cc2)cc1. The highest BCUT2D eigenvalue weighted by Crippen LogP contribution is 2.27. The van der Waals surface area contributed by atoms with Gasteiger partial charge in [-0.25, -0.2) is 13.4 Å². The van der Waals surface area contributed by atoms with E-state index in [1.807, 2.05) is 73.8 Å². The maximum atomic E-state index is 14.2. The van der Waals surface area contributed by atoms with Gasteiger partial charge in [0.2, 0.25) is 5.91 Å². The van der Waals surface area contributed by atoms with Gasteiger partial charge in [0.15, 0.2) is 5.13 Å². The number of methoxy groups -OCH3 is 1. The Morgan fingerprint density at radius 2 is 1.67 bits per heavy atom. The predicted molar refractivity (Wildman–Crippen MR) is 203 cm³/mol. The Hall–Kier alpha value is -5.27. The number of carbonyl (C=O) groups excluding carboxylic acids is 2. The smallest absolute Gasteiger partial charge is 0.251 e. The van der Waals surface area contributed by atoms with Gasteiger partial charge in [-0.05, 0) is 79.3 Å². The van der Waals surface area contributed by atoms with Crippen molar-refractivity contribution in [3.8, 4) is 17.0 Å². The number of sulfonamides is 1. The molecule has 2 heterocycles. The molecule has 3 N–H and O–H groups in total. The minimum atomic E-state index is -3.99. The van der Waals surface area contributed by atoms with Gasteiger partial charge in [0, 0.05) is 34.9 Å². The summed E-state index contributed by atoms with van der Waals surface area (Å²) in [4.78, 5) is 37.8. The zero-order valence-corrected chi connectivity index (χ0v) is 30.4. The number of aromatic nitrogens is 2. The molecule has 0 aliphatic heterocycles. The van der Waals surface area contributed by atoms with E-state index in [1.54, 1.807) is 48.8 Å². The first kappa shape index (κ1) is 37.0. The number of pyridine rings is 1. The van der Waals surface area contributed by atoms with Gasteiger partial charge in [0.1, 0.15) is 17.7 Å². The Balaban J connectivity index is 1.29. The molecule has 0 bridgehead atoms. The molecule has 3 aromatic carbocycles. The average molecular weight is 727 g/mol. The fourth-order valence-electron chi connectivity index (χ4n) is 5.40. The van der Waals surface area contributed by atoms with Crippen molar-refractivity contribution in [2.45, 2.75) is 39.2 Å². The molecule has 51 heavy (non-hydrogen) atoms. The van der Waals surface area contributed by atoms with Crippen LogP contribution in [0.1, 0.15) is 42.6 Å². The summed E-state index contributed by atoms with van der Waals surface area (Å²) < 4.78 is 34.5. The lowest BCUT2D eigenvalue weighted by Crippen LogP contribution is -2.51. The van der Waals surface area contributed by atoms with Crippen molar-refractivity contribution in [1.82, 2.24) is 20.2 Å². The van der Waals surface area contributed by atoms with Gasteiger partial charge in [-0.1, -0.05) is 56.3 Å². The van der Waals surface area contributed by atoms with Crippen LogP contribution in [-0.4, -0.2) is 60.7 Å². The second-order valence-electron chi connectivity index (χ2n) is 12.4. The van der Waals surface area contributed by atoms with E-state index in [2.05, 4.69) is 25.3 Å². The van der Waals surface area contributed by atoms with E-state index in [4.69, 9.17) is 4.74 Å². The highest BCUT2D eigenvalue weighted by molar-refractivity contribution is 7.92. The third-order valence-corrected chi connectivity index (χ3v) is 9.86. The summed E-state index contributed by atoms with van der Waals surface area (Å²) in [5.41, 5.74) is 4.21. The van der Waals surface area contributed by atoms with Crippen LogP contribution in [0.15, 0.2) is 109 Å². The molecule has 2 amide bonds. The topological polar surface area (TPSA) is 143 Å². The minimum absolute atomic E-state index is 0.0426. The maximum absolute atomic E-state index is 14.2. The van der Waals surface area contributed by atoms with Crippen LogP contribution in [0.2, 0.25) is 0 Å². The van der Waals surface area contributed by atoms with Crippen LogP contribution in [0.3, 0.4) is 0 Å². The van der Waals surface area contributed by atoms with Crippen LogP contribution in [0, 0.1) is 5.92 Å². The molecule has 1 atom stereocenters. The highest BCUT2D eigenvalue weighted by atomic mass is 32.2. The molecule has 0 fully saturated rings. The first-order valence-electron chi connectivity index (χ1n) is 16.6. The number of hydrogen-bond acceptors (Lipinski definition) is 9. The van der Waals surface area contributed by atoms with Crippen LogP contribution in [0.4, 0.5) is 16.5 Å². The predicted octanol–water partition coefficient (Wildman–Crippen LogP) is 6.96. The summed E-state index contributed by atoms with van der Waals surface area (Å²) in [6.45, 7) is 4.09. The van der Waals surface area contributed by atoms with Gasteiger partial charge in [0.25, 0.3) is 15.9 Å². The van der Waals surface area contributed by atoms with E-state index in [0.717, 1.165) is 22.5 Å². The minimum Gasteiger partial charge on any atom is -0.497 e. The van der Waals surface area contributed by atoms with E-state index in [1.165, 1.54) is 23.3 Å². The molecule has 0 aliphatic carbocycles. The van der Waals surface area contributed by atoms with Gasteiger partial charge < -0.3 is 20.3 Å². The summed E-state index contributed by atoms with van der Waals surface area (Å²) >= 11 is 1.46. The number of aryl methyl sites for hydroxylation is 1. The number of hydrogen-bond donors (Lipinski definition) is 3. The molecule has 13 heteroatoms. The molecule has 5 rings (SSSR count). The van der Waals surface area contributed by atoms with Crippen molar-refractivity contribution in [2.75, 3.05) is 29.6 Å². The van der Waals surface area contributed by atoms with Crippen molar-refractivity contribution in [3.05, 3.63) is 120 Å². The van der Waals surface area contributed by atoms with Crippen molar-refractivity contribution in [1.29, 1.82) is 0 Å². The number of nitrogens with one attached hydrogen (secondary N) is 3. The lowest BCUT2D eigenvalue weighted by molar-refractivity contribution is -0.132. The fraction of sp³-hybridized carbons (Fsp3) is 0.263. The number of anilines is 3. The molecule has 2 aromatic heterocycles. The van der Waals surface area contributed by atoms with E-state index in [0.29, 0.717) is 41.4 Å². The highest BCUT2D eigenvalue weighted by Gasteiger charge is 2.30. The Morgan fingerprint density at radius 3 is 2.33 bits per heavy atom. The lowest BCUT2D eigenvalue weighted by Gasteiger charge is -2.29. The molecule has 0 unspecified atom stereocenters. The third kappa shape index (κ3) is 11.1. The Labute approximate surface area is 303 Å². The van der Waals surface area contributed by atoms with E-state index >= 15 is 0 Å². The van der Waals surface area contributed by atoms with Crippen molar-refractivity contribution < 1.29 is 22.7 Å². The quantitative estimate of drug-likeness (QED) is 0.0934. The second kappa shape index (κ2) is 17.6. The van der Waals surface area contributed by atoms with E-state index in [9.17, 15) is 18.0 Å². The van der Waals surface area contributed by atoms with Crippen molar-refractivity contribution >= 4 is 49.7 Å². The molecule has 0 saturated heterocycles. The number of rotatable bonds is 17. The first-order chi connectivity index (χ1) is 24.6. The van der Waals surface area contributed by atoms with Gasteiger partial charge in [-0.3, -0.25) is 19.3 Å². The van der Waals surface area contributed by atoms with Crippen LogP contribution in [-0.2, 0) is 21.2 Å². The van der Waals surface area contributed by atoms with Crippen molar-refractivity contribution in [3.63, 3.8) is 0 Å². The molecule has 0 aliphatic rings. The van der Waals surface area contributed by atoms with Gasteiger partial charge in [0.05, 0.1) is 24.7 Å². The second-order valence-corrected chi connectivity index (χ2v) is 15.0. The van der Waals surface area contributed by atoms with Crippen LogP contribution < -0.4 is 20.1 Å². The number of carbonyl (C=O) groups is 2. The number of ether oxygens (including phenoxy) is 1. The molecule has 11 nitrogen and oxygen atoms in total. The Kier molecular flexibility index (Phi) is 12.8. The third-order valence-electron chi connectivity index (χ3n) is 7.91. The van der Waals surface area contributed by atoms with Crippen LogP contribution >= 0.6 is 11.3 Å². The number of thiazole rings is 1. The largest absolute Gasteiger partial charge is 0.497 e. The molecule has 0 spiro atoms. The standard InChI is InChI=1S/C38H42N6O5S2/c1-27(2)23-34(41-36(45)30-15-13-29(14-16-30)35-25-50-38(42-35)40-32-12-7-21-39-24-32)37(46)44(22-8-11-28-9-5-4-6-10-28)26-51(47,48)43-31-17-19-33(49-3)20-18-31/h4-7,9-10,12-21,24-25,27,34,43H,8,11,22-23,26H2,1-3H3,(H,40,42)(H,41,45)/t34-/m0/s1. The maximum Gasteiger partial charge on any atom is 0.251 e. The molecule has 0 saturated carbocycles. The van der Waals surface area contributed by atoms with Crippen LogP contribution in [0.25, 0.3) is 11.3 Å². The number of amides is 2. The average Bonchev–Trinajstić information content (AvgIpc) is 3.60. The summed E-state index contributed by atoms with van der Waals surface area (Å²) in [6.07, 6.45) is 4.94. The van der Waals surface area contributed by atoms with E-state index in [-0.39, 0.29) is 12.5 Å². The number of benzene rings is 3. The van der Waals surface area contributed by atoms with Gasteiger partial charge in [-0.15, -0.1) is 11.3 Å². The summed E-state index contributed by atoms with van der Waals surface area (Å²) in [7, 11) is -2.47. The lowest BCUT2D eigenvalue weighted by atomic mass is 10.0. The zero-order valence-electron chi connectivity index (χ0n) is 28.8. The molecular weight excluding hydrogens is 685 g/mol. The fourth-order valence-corrected chi connectivity index (χ4v) is 7.37. The first-order valence-corrected chi connectivity index (χ1v) is 19.1. The molecule has 5 aromatic rings. The molecule has 266 valence electrons. The van der Waals surface area contributed by atoms with Gasteiger partial charge in [-0.2, -0.15) is 0 Å². The summed E-state index contributed by atoms with van der Waals surface area (Å²) in [6, 6.07) is 26.1. The summed E-state index contributed by atoms with van der Waals surface area (Å²) in [5, 5.41) is 8.77. The van der Waals surface area contributed by atoms with Crippen LogP contribution in [0.5, 0.6) is 5.75 Å². The van der Waals surface area contributed by atoms with Gasteiger partial charge >= 0.3 is 0 Å². The molecule has 0 radical (unpaired) electrons.